The van der Waals surface area contributed by atoms with E-state index in [2.05, 4.69) is 39.5 Å². The Morgan fingerprint density at radius 1 is 1.31 bits per heavy atom. The average molecular weight is 178 g/mol. The number of rotatable bonds is 6. The molecule has 0 saturated heterocycles. The zero-order chi connectivity index (χ0) is 10.1. The minimum absolute atomic E-state index is 0.698. The van der Waals surface area contributed by atoms with Crippen molar-refractivity contribution in [3.8, 4) is 0 Å². The van der Waals surface area contributed by atoms with Crippen LogP contribution in [0.25, 0.3) is 0 Å². The van der Waals surface area contributed by atoms with Crippen molar-refractivity contribution in [3.63, 3.8) is 0 Å². The highest BCUT2D eigenvalue weighted by Crippen LogP contribution is 2.10. The second-order valence-electron chi connectivity index (χ2n) is 3.70. The molecule has 0 unspecified atom stereocenters. The first-order chi connectivity index (χ1) is 6.18. The van der Waals surface area contributed by atoms with Crippen LogP contribution in [0.2, 0.25) is 0 Å². The van der Waals surface area contributed by atoms with Gasteiger partial charge in [0.1, 0.15) is 0 Å². The Kier molecular flexibility index (Phi) is 7.38. The quantitative estimate of drug-likeness (QED) is 0.319. The molecule has 74 valence electrons. The van der Waals surface area contributed by atoms with Crippen molar-refractivity contribution in [2.45, 2.75) is 40.0 Å². The third kappa shape index (κ3) is 7.58. The van der Waals surface area contributed by atoms with Crippen LogP contribution in [0.5, 0.6) is 0 Å². The Labute approximate surface area is 83.0 Å². The summed E-state index contributed by atoms with van der Waals surface area (Å²) in [5, 5.41) is 0. The minimum atomic E-state index is 0.698. The molecule has 0 saturated carbocycles. The van der Waals surface area contributed by atoms with Gasteiger partial charge in [-0.3, -0.25) is 0 Å². The van der Waals surface area contributed by atoms with Crippen molar-refractivity contribution >= 4 is 0 Å². The maximum Gasteiger partial charge on any atom is -0.0263 e. The van der Waals surface area contributed by atoms with E-state index in [9.17, 15) is 0 Å². The molecule has 0 heteroatoms. The van der Waals surface area contributed by atoms with E-state index in [1.165, 1.54) is 18.4 Å². The average Bonchev–Trinajstić information content (AvgIpc) is 2.10. The molecule has 0 heterocycles. The van der Waals surface area contributed by atoms with Gasteiger partial charge in [-0.05, 0) is 32.1 Å². The molecule has 0 aromatic heterocycles. The van der Waals surface area contributed by atoms with E-state index in [0.717, 1.165) is 6.42 Å². The summed E-state index contributed by atoms with van der Waals surface area (Å²) in [6.45, 7) is 10.3. The van der Waals surface area contributed by atoms with Gasteiger partial charge in [0.15, 0.2) is 0 Å². The minimum Gasteiger partial charge on any atom is -0.0991 e. The number of allylic oxidation sites excluding steroid dienone is 5. The summed E-state index contributed by atoms with van der Waals surface area (Å²) in [7, 11) is 0. The Hall–Kier alpha value is -0.780. The molecule has 0 atom stereocenters. The molecule has 0 rings (SSSR count). The van der Waals surface area contributed by atoms with E-state index in [1.54, 1.807) is 0 Å². The normalized spacial score (nSPS) is 12.8. The van der Waals surface area contributed by atoms with Crippen LogP contribution in [0.15, 0.2) is 36.5 Å². The molecule has 0 fully saturated rings. The third-order valence-corrected chi connectivity index (χ3v) is 2.22. The zero-order valence-electron chi connectivity index (χ0n) is 9.22. The molecular formula is C13H22. The fourth-order valence-corrected chi connectivity index (χ4v) is 0.994. The van der Waals surface area contributed by atoms with Crippen molar-refractivity contribution in [1.29, 1.82) is 0 Å². The summed E-state index contributed by atoms with van der Waals surface area (Å²) >= 11 is 0. The molecule has 0 amide bonds. The molecule has 13 heavy (non-hydrogen) atoms. The molecule has 0 nitrogen and oxygen atoms in total. The van der Waals surface area contributed by atoms with Crippen LogP contribution < -0.4 is 0 Å². The molecule has 0 N–H and O–H groups in total. The Morgan fingerprint density at radius 3 is 2.54 bits per heavy atom. The van der Waals surface area contributed by atoms with Crippen LogP contribution in [0.4, 0.5) is 0 Å². The van der Waals surface area contributed by atoms with Gasteiger partial charge in [-0.25, -0.2) is 0 Å². The van der Waals surface area contributed by atoms with Crippen molar-refractivity contribution in [2.24, 2.45) is 5.92 Å². The van der Waals surface area contributed by atoms with Gasteiger partial charge in [0.05, 0.1) is 0 Å². The van der Waals surface area contributed by atoms with Crippen LogP contribution in [0, 0.1) is 5.92 Å². The lowest BCUT2D eigenvalue weighted by molar-refractivity contribution is 0.752. The first kappa shape index (κ1) is 12.2. The van der Waals surface area contributed by atoms with Crippen LogP contribution in [0.1, 0.15) is 40.0 Å². The predicted molar refractivity (Wildman–Crippen MR) is 61.8 cm³/mol. The standard InChI is InChI=1S/C13H22/c1-5-6-7-8-9-10-11-13(4)12(2)3/h5-7,11-12H,1,8-10H2,2-4H3. The van der Waals surface area contributed by atoms with Gasteiger partial charge >= 0.3 is 0 Å². The molecule has 0 aromatic carbocycles. The summed E-state index contributed by atoms with van der Waals surface area (Å²) in [4.78, 5) is 0. The second kappa shape index (κ2) is 7.85. The Bertz CT molecular complexity index is 182. The third-order valence-electron chi connectivity index (χ3n) is 2.22. The monoisotopic (exact) mass is 178 g/mol. The van der Waals surface area contributed by atoms with Gasteiger partial charge in [-0.1, -0.05) is 50.3 Å². The summed E-state index contributed by atoms with van der Waals surface area (Å²) in [5.74, 6) is 0.698. The molecule has 0 aromatic rings. The largest absolute Gasteiger partial charge is 0.0991 e. The SMILES string of the molecule is C=CC=CCCCC=C(C)C(C)C. The molecule has 0 radical (unpaired) electrons. The van der Waals surface area contributed by atoms with Crippen molar-refractivity contribution in [2.75, 3.05) is 0 Å². The van der Waals surface area contributed by atoms with E-state index in [4.69, 9.17) is 0 Å². The molecule has 0 bridgehead atoms. The fourth-order valence-electron chi connectivity index (χ4n) is 0.994. The molecule has 0 aliphatic rings. The number of hydrogen-bond donors (Lipinski definition) is 0. The summed E-state index contributed by atoms with van der Waals surface area (Å²) in [6.07, 6.45) is 12.0. The van der Waals surface area contributed by atoms with Gasteiger partial charge in [0.2, 0.25) is 0 Å². The molecule has 0 spiro atoms. The smallest absolute Gasteiger partial charge is 0.0263 e. The highest BCUT2D eigenvalue weighted by molar-refractivity contribution is 5.01. The number of unbranched alkanes of at least 4 members (excludes halogenated alkanes) is 2. The van der Waals surface area contributed by atoms with Crippen molar-refractivity contribution < 1.29 is 0 Å². The van der Waals surface area contributed by atoms with Gasteiger partial charge in [0, 0.05) is 0 Å². The first-order valence-electron chi connectivity index (χ1n) is 5.12. The maximum atomic E-state index is 3.63. The van der Waals surface area contributed by atoms with Crippen LogP contribution >= 0.6 is 0 Å². The van der Waals surface area contributed by atoms with Gasteiger partial charge in [0.25, 0.3) is 0 Å². The lowest BCUT2D eigenvalue weighted by atomic mass is 10.0. The maximum absolute atomic E-state index is 3.63. The first-order valence-corrected chi connectivity index (χ1v) is 5.12. The van der Waals surface area contributed by atoms with Crippen LogP contribution in [0.3, 0.4) is 0 Å². The zero-order valence-corrected chi connectivity index (χ0v) is 9.22. The summed E-state index contributed by atoms with van der Waals surface area (Å²) in [5.41, 5.74) is 1.51. The van der Waals surface area contributed by atoms with E-state index in [1.807, 2.05) is 12.2 Å². The van der Waals surface area contributed by atoms with E-state index < -0.39 is 0 Å². The highest BCUT2D eigenvalue weighted by atomic mass is 14.0. The van der Waals surface area contributed by atoms with Gasteiger partial charge < -0.3 is 0 Å². The van der Waals surface area contributed by atoms with E-state index in [-0.39, 0.29) is 0 Å². The predicted octanol–water partition coefficient (Wildman–Crippen LogP) is 4.50. The highest BCUT2D eigenvalue weighted by Gasteiger charge is 1.93. The Balaban J connectivity index is 3.49. The lowest BCUT2D eigenvalue weighted by Crippen LogP contribution is -1.87. The van der Waals surface area contributed by atoms with Crippen LogP contribution in [-0.4, -0.2) is 0 Å². The number of hydrogen-bond acceptors (Lipinski definition) is 0. The van der Waals surface area contributed by atoms with Crippen molar-refractivity contribution in [3.05, 3.63) is 36.5 Å². The fraction of sp³-hybridized carbons (Fsp3) is 0.538. The molecular weight excluding hydrogens is 156 g/mol. The van der Waals surface area contributed by atoms with E-state index in [0.29, 0.717) is 5.92 Å². The summed E-state index contributed by atoms with van der Waals surface area (Å²) in [6, 6.07) is 0. The van der Waals surface area contributed by atoms with E-state index >= 15 is 0 Å². The Morgan fingerprint density at radius 2 is 2.00 bits per heavy atom. The van der Waals surface area contributed by atoms with Crippen molar-refractivity contribution in [1.82, 2.24) is 0 Å². The second-order valence-corrected chi connectivity index (χ2v) is 3.70. The lowest BCUT2D eigenvalue weighted by Gasteiger charge is -2.03. The van der Waals surface area contributed by atoms with Crippen LogP contribution in [-0.2, 0) is 0 Å². The summed E-state index contributed by atoms with van der Waals surface area (Å²) < 4.78 is 0. The molecule has 0 aliphatic heterocycles. The molecule has 0 aliphatic carbocycles. The van der Waals surface area contributed by atoms with Gasteiger partial charge in [-0.15, -0.1) is 0 Å². The van der Waals surface area contributed by atoms with Gasteiger partial charge in [-0.2, -0.15) is 0 Å². The topological polar surface area (TPSA) is 0 Å².